The molecule has 0 atom stereocenters. The highest BCUT2D eigenvalue weighted by Crippen LogP contribution is 2.29. The van der Waals surface area contributed by atoms with E-state index in [-0.39, 0.29) is 22.8 Å². The minimum atomic E-state index is -0.625. The highest BCUT2D eigenvalue weighted by Gasteiger charge is 2.16. The second kappa shape index (κ2) is 15.4. The molecule has 9 heteroatoms. The van der Waals surface area contributed by atoms with Gasteiger partial charge in [-0.3, -0.25) is 10.4 Å². The first-order valence-electron chi connectivity index (χ1n) is 9.25. The molecule has 0 unspecified atom stereocenters. The highest BCUT2D eigenvalue weighted by atomic mass is 32.2. The van der Waals surface area contributed by atoms with E-state index >= 15 is 0 Å². The van der Waals surface area contributed by atoms with Crippen LogP contribution in [0.1, 0.15) is 24.2 Å². The average molecular weight is 461 g/mol. The van der Waals surface area contributed by atoms with Gasteiger partial charge < -0.3 is 14.4 Å². The summed E-state index contributed by atoms with van der Waals surface area (Å²) in [5, 5.41) is 21.6. The summed E-state index contributed by atoms with van der Waals surface area (Å²) in [4.78, 5) is 7.97. The zero-order valence-electron chi connectivity index (χ0n) is 19.0. The van der Waals surface area contributed by atoms with Gasteiger partial charge in [0.15, 0.2) is 11.5 Å². The molecule has 0 bridgehead atoms. The van der Waals surface area contributed by atoms with Gasteiger partial charge in [0, 0.05) is 31.2 Å². The maximum atomic E-state index is 13.7. The molecule has 0 aliphatic rings. The third-order valence-electron chi connectivity index (χ3n) is 3.58. The largest absolute Gasteiger partial charge is 0.504 e. The smallest absolute Gasteiger partial charge is 0.223 e. The van der Waals surface area contributed by atoms with Gasteiger partial charge in [-0.2, -0.15) is 4.98 Å². The third-order valence-corrected chi connectivity index (χ3v) is 4.35. The maximum absolute atomic E-state index is 13.7. The zero-order valence-corrected chi connectivity index (χ0v) is 19.8. The molecule has 0 radical (unpaired) electrons. The molecule has 0 amide bonds. The molecule has 2 aromatic rings. The lowest BCUT2D eigenvalue weighted by Crippen LogP contribution is -2.12. The van der Waals surface area contributed by atoms with E-state index in [0.29, 0.717) is 16.8 Å². The number of halogens is 1. The van der Waals surface area contributed by atoms with Crippen molar-refractivity contribution in [1.82, 2.24) is 10.1 Å². The minimum Gasteiger partial charge on any atom is -0.504 e. The van der Waals surface area contributed by atoms with Crippen LogP contribution in [0, 0.1) is 18.2 Å². The van der Waals surface area contributed by atoms with E-state index in [4.69, 9.17) is 14.7 Å². The van der Waals surface area contributed by atoms with Gasteiger partial charge in [-0.15, -0.1) is 24.9 Å². The van der Waals surface area contributed by atoms with E-state index in [1.54, 1.807) is 19.3 Å². The summed E-state index contributed by atoms with van der Waals surface area (Å²) in [6, 6.07) is 2.21. The average Bonchev–Trinajstić information content (AvgIpc) is 3.23. The van der Waals surface area contributed by atoms with Crippen molar-refractivity contribution in [1.29, 1.82) is 5.41 Å². The van der Waals surface area contributed by atoms with Crippen molar-refractivity contribution in [2.45, 2.75) is 13.8 Å². The van der Waals surface area contributed by atoms with Crippen LogP contribution in [0.3, 0.4) is 0 Å². The summed E-state index contributed by atoms with van der Waals surface area (Å²) in [7, 11) is 2.86. The van der Waals surface area contributed by atoms with Crippen molar-refractivity contribution in [3.05, 3.63) is 79.3 Å². The molecule has 0 spiro atoms. The summed E-state index contributed by atoms with van der Waals surface area (Å²) < 4.78 is 23.4. The fourth-order valence-electron chi connectivity index (χ4n) is 2.25. The van der Waals surface area contributed by atoms with Gasteiger partial charge in [0.2, 0.25) is 11.7 Å². The van der Waals surface area contributed by atoms with Crippen LogP contribution in [0.25, 0.3) is 5.57 Å². The number of aromatic hydroxyl groups is 1. The number of aliphatic imine (C=N–C) groups is 1. The predicted molar refractivity (Wildman–Crippen MR) is 132 cm³/mol. The number of hydrogen-bond donors (Lipinski definition) is 2. The Morgan fingerprint density at radius 1 is 1.38 bits per heavy atom. The second-order valence-electron chi connectivity index (χ2n) is 5.61. The molecule has 1 aromatic carbocycles. The number of aryl methyl sites for hydroxylation is 1. The maximum Gasteiger partial charge on any atom is 0.223 e. The van der Waals surface area contributed by atoms with Gasteiger partial charge in [0.1, 0.15) is 10.9 Å². The van der Waals surface area contributed by atoms with Gasteiger partial charge in [0.25, 0.3) is 0 Å². The summed E-state index contributed by atoms with van der Waals surface area (Å²) in [6.45, 7) is 13.3. The first-order chi connectivity index (χ1) is 15.3. The number of allylic oxidation sites excluding steroid dienone is 5. The van der Waals surface area contributed by atoms with E-state index in [0.717, 1.165) is 17.7 Å². The number of thioether (sulfide) groups is 1. The van der Waals surface area contributed by atoms with E-state index < -0.39 is 5.82 Å². The number of aromatic nitrogens is 2. The number of ether oxygens (including phenoxy) is 1. The van der Waals surface area contributed by atoms with Gasteiger partial charge in [0.05, 0.1) is 12.8 Å². The number of rotatable bonds is 6. The Hall–Kier alpha value is -3.46. The molecule has 1 aromatic heterocycles. The van der Waals surface area contributed by atoms with E-state index in [1.165, 1.54) is 25.9 Å². The molecular weight excluding hydrogens is 431 g/mol. The van der Waals surface area contributed by atoms with Crippen molar-refractivity contribution in [2.24, 2.45) is 4.99 Å². The SMILES string of the molecule is C=C.C=C/C=C(\C=C/C)c1noc(C)n1.CN=C(SC)C(=N)c1cc(O)c(OC)cc1F. The number of hydrogen-bond acceptors (Lipinski definition) is 8. The summed E-state index contributed by atoms with van der Waals surface area (Å²) in [5.74, 6) is 0.369. The Bertz CT molecular complexity index is 997. The first kappa shape index (κ1) is 28.5. The van der Waals surface area contributed by atoms with Crippen molar-refractivity contribution >= 4 is 28.1 Å². The second-order valence-corrected chi connectivity index (χ2v) is 6.40. The Labute approximate surface area is 192 Å². The highest BCUT2D eigenvalue weighted by molar-refractivity contribution is 8.15. The van der Waals surface area contributed by atoms with Crippen molar-refractivity contribution < 1.29 is 18.8 Å². The molecule has 2 N–H and O–H groups in total. The molecule has 7 nitrogen and oxygen atoms in total. The van der Waals surface area contributed by atoms with E-state index in [9.17, 15) is 9.50 Å². The van der Waals surface area contributed by atoms with Crippen LogP contribution < -0.4 is 4.74 Å². The standard InChI is InChI=1S/C11H13FN2O2S.C10H12N2O.C2H4/c1-14-11(17-3)10(13)6-4-8(15)9(16-2)5-7(6)12;1-4-6-9(7-5-2)10-11-8(3)13-12-10;1-2/h4-5,13,15H,1-3H3;4-7H,1H2,2-3H3;1-2H2/b;7-5-,9-6+;. The van der Waals surface area contributed by atoms with Crippen LogP contribution in [0.5, 0.6) is 11.5 Å². The summed E-state index contributed by atoms with van der Waals surface area (Å²) >= 11 is 1.24. The molecule has 1 heterocycles. The zero-order chi connectivity index (χ0) is 24.7. The van der Waals surface area contributed by atoms with Crippen LogP contribution in [0.15, 0.2) is 65.7 Å². The molecular formula is C23H29FN4O3S. The molecule has 0 saturated heterocycles. The molecule has 0 aliphatic carbocycles. The van der Waals surface area contributed by atoms with Crippen molar-refractivity contribution in [3.8, 4) is 11.5 Å². The Morgan fingerprint density at radius 3 is 2.47 bits per heavy atom. The van der Waals surface area contributed by atoms with Crippen LogP contribution in [0.2, 0.25) is 0 Å². The van der Waals surface area contributed by atoms with E-state index in [1.807, 2.05) is 25.2 Å². The van der Waals surface area contributed by atoms with Crippen LogP contribution in [-0.2, 0) is 0 Å². The fourth-order valence-corrected chi connectivity index (χ4v) is 2.74. The predicted octanol–water partition coefficient (Wildman–Crippen LogP) is 5.62. The topological polar surface area (TPSA) is 105 Å². The Kier molecular flexibility index (Phi) is 13.7. The Morgan fingerprint density at radius 2 is 2.03 bits per heavy atom. The van der Waals surface area contributed by atoms with Gasteiger partial charge >= 0.3 is 0 Å². The molecule has 0 saturated carbocycles. The summed E-state index contributed by atoms with van der Waals surface area (Å²) in [6.07, 6.45) is 9.11. The van der Waals surface area contributed by atoms with E-state index in [2.05, 4.69) is 34.9 Å². The van der Waals surface area contributed by atoms with Crippen molar-refractivity contribution in [2.75, 3.05) is 20.4 Å². The molecule has 2 rings (SSSR count). The minimum absolute atomic E-state index is 0.00162. The summed E-state index contributed by atoms with van der Waals surface area (Å²) in [5.41, 5.74) is 0.836. The van der Waals surface area contributed by atoms with Crippen molar-refractivity contribution in [3.63, 3.8) is 0 Å². The lowest BCUT2D eigenvalue weighted by atomic mass is 10.1. The van der Waals surface area contributed by atoms with Gasteiger partial charge in [-0.1, -0.05) is 36.0 Å². The normalized spacial score (nSPS) is 11.2. The third kappa shape index (κ3) is 8.35. The number of phenols is 1. The Balaban J connectivity index is 0.000000574. The molecule has 0 fully saturated rings. The lowest BCUT2D eigenvalue weighted by molar-refractivity contribution is 0.370. The number of methoxy groups -OCH3 is 1. The lowest BCUT2D eigenvalue weighted by Gasteiger charge is -2.09. The molecule has 0 aliphatic heterocycles. The first-order valence-corrected chi connectivity index (χ1v) is 10.5. The molecule has 32 heavy (non-hydrogen) atoms. The van der Waals surface area contributed by atoms with Gasteiger partial charge in [-0.25, -0.2) is 4.39 Å². The number of nitrogens with zero attached hydrogens (tertiary/aromatic N) is 3. The van der Waals surface area contributed by atoms with Crippen LogP contribution in [-0.4, -0.2) is 46.4 Å². The quantitative estimate of drug-likeness (QED) is 0.251. The molecule has 172 valence electrons. The monoisotopic (exact) mass is 460 g/mol. The number of phenolic OH excluding ortho intramolecular Hbond substituents is 1. The van der Waals surface area contributed by atoms with Crippen LogP contribution in [0.4, 0.5) is 4.39 Å². The van der Waals surface area contributed by atoms with Crippen LogP contribution >= 0.6 is 11.8 Å². The fraction of sp³-hybridized carbons (Fsp3) is 0.217. The number of benzene rings is 1. The number of nitrogens with one attached hydrogen (secondary N) is 1. The van der Waals surface area contributed by atoms with Gasteiger partial charge in [-0.05, 0) is 19.2 Å².